The molecule has 0 spiro atoms. The molecule has 0 bridgehead atoms. The SMILES string of the molecule is COc1cc(C(C)C)ccc1C(C)(CN)OC. The first-order valence-corrected chi connectivity index (χ1v) is 5.92. The molecule has 0 aromatic heterocycles. The Hall–Kier alpha value is -1.06. The van der Waals surface area contributed by atoms with Crippen LogP contribution < -0.4 is 10.5 Å². The highest BCUT2D eigenvalue weighted by molar-refractivity contribution is 5.42. The molecule has 0 aliphatic rings. The molecule has 1 aromatic rings. The van der Waals surface area contributed by atoms with Crippen LogP contribution in [0.5, 0.6) is 5.75 Å². The molecule has 0 saturated heterocycles. The van der Waals surface area contributed by atoms with E-state index in [0.717, 1.165) is 11.3 Å². The zero-order valence-corrected chi connectivity index (χ0v) is 11.4. The normalized spacial score (nSPS) is 14.8. The van der Waals surface area contributed by atoms with E-state index in [1.807, 2.05) is 13.0 Å². The summed E-state index contributed by atoms with van der Waals surface area (Å²) in [5.74, 6) is 1.32. The van der Waals surface area contributed by atoms with Gasteiger partial charge in [0.25, 0.3) is 0 Å². The van der Waals surface area contributed by atoms with Crippen LogP contribution in [0.1, 0.15) is 37.8 Å². The quantitative estimate of drug-likeness (QED) is 0.856. The summed E-state index contributed by atoms with van der Waals surface area (Å²) in [4.78, 5) is 0. The van der Waals surface area contributed by atoms with Crippen LogP contribution in [-0.4, -0.2) is 20.8 Å². The fourth-order valence-electron chi connectivity index (χ4n) is 1.81. The van der Waals surface area contributed by atoms with Gasteiger partial charge in [-0.3, -0.25) is 0 Å². The number of hydrogen-bond donors (Lipinski definition) is 1. The molecule has 1 unspecified atom stereocenters. The summed E-state index contributed by atoms with van der Waals surface area (Å²) in [6.45, 7) is 6.71. The van der Waals surface area contributed by atoms with Gasteiger partial charge < -0.3 is 15.2 Å². The van der Waals surface area contributed by atoms with Gasteiger partial charge in [-0.25, -0.2) is 0 Å². The monoisotopic (exact) mass is 237 g/mol. The molecule has 96 valence electrons. The fraction of sp³-hybridized carbons (Fsp3) is 0.571. The summed E-state index contributed by atoms with van der Waals surface area (Å²) in [6.07, 6.45) is 0. The van der Waals surface area contributed by atoms with Crippen molar-refractivity contribution in [3.8, 4) is 5.75 Å². The van der Waals surface area contributed by atoms with Crippen LogP contribution in [0.4, 0.5) is 0 Å². The van der Waals surface area contributed by atoms with Gasteiger partial charge in [0.05, 0.1) is 7.11 Å². The van der Waals surface area contributed by atoms with Gasteiger partial charge in [-0.05, 0) is 24.5 Å². The van der Waals surface area contributed by atoms with E-state index in [9.17, 15) is 0 Å². The molecule has 0 radical (unpaired) electrons. The summed E-state index contributed by atoms with van der Waals surface area (Å²) < 4.78 is 11.0. The van der Waals surface area contributed by atoms with Crippen molar-refractivity contribution < 1.29 is 9.47 Å². The van der Waals surface area contributed by atoms with E-state index in [0.29, 0.717) is 12.5 Å². The van der Waals surface area contributed by atoms with E-state index in [-0.39, 0.29) is 0 Å². The van der Waals surface area contributed by atoms with Crippen molar-refractivity contribution in [1.29, 1.82) is 0 Å². The average Bonchev–Trinajstić information content (AvgIpc) is 2.36. The minimum Gasteiger partial charge on any atom is -0.496 e. The maximum absolute atomic E-state index is 5.79. The molecule has 0 fully saturated rings. The highest BCUT2D eigenvalue weighted by atomic mass is 16.5. The van der Waals surface area contributed by atoms with Crippen LogP contribution in [-0.2, 0) is 10.3 Å². The molecular formula is C14H23NO2. The summed E-state index contributed by atoms with van der Waals surface area (Å²) in [5.41, 5.74) is 7.54. The standard InChI is InChI=1S/C14H23NO2/c1-10(2)11-6-7-12(13(8-11)16-4)14(3,9-15)17-5/h6-8,10H,9,15H2,1-5H3. The summed E-state index contributed by atoms with van der Waals surface area (Å²) in [7, 11) is 3.35. The van der Waals surface area contributed by atoms with Crippen molar-refractivity contribution in [3.05, 3.63) is 29.3 Å². The highest BCUT2D eigenvalue weighted by Gasteiger charge is 2.28. The maximum Gasteiger partial charge on any atom is 0.125 e. The number of hydrogen-bond acceptors (Lipinski definition) is 3. The lowest BCUT2D eigenvalue weighted by molar-refractivity contribution is 0.00820. The number of benzene rings is 1. The molecule has 1 aromatic carbocycles. The Morgan fingerprint density at radius 3 is 2.35 bits per heavy atom. The number of methoxy groups -OCH3 is 2. The predicted octanol–water partition coefficient (Wildman–Crippen LogP) is 2.64. The van der Waals surface area contributed by atoms with Gasteiger partial charge >= 0.3 is 0 Å². The van der Waals surface area contributed by atoms with Gasteiger partial charge in [-0.15, -0.1) is 0 Å². The molecule has 0 saturated carbocycles. The van der Waals surface area contributed by atoms with E-state index in [2.05, 4.69) is 26.0 Å². The molecule has 17 heavy (non-hydrogen) atoms. The van der Waals surface area contributed by atoms with Crippen molar-refractivity contribution in [2.24, 2.45) is 5.73 Å². The van der Waals surface area contributed by atoms with Gasteiger partial charge in [0.1, 0.15) is 11.4 Å². The lowest BCUT2D eigenvalue weighted by Gasteiger charge is -2.29. The second kappa shape index (κ2) is 5.52. The molecule has 1 rings (SSSR count). The number of nitrogens with two attached hydrogens (primary N) is 1. The van der Waals surface area contributed by atoms with Crippen molar-refractivity contribution in [2.75, 3.05) is 20.8 Å². The highest BCUT2D eigenvalue weighted by Crippen LogP contribution is 2.34. The third kappa shape index (κ3) is 2.79. The Kier molecular flexibility index (Phi) is 4.54. The summed E-state index contributed by atoms with van der Waals surface area (Å²) in [6, 6.07) is 6.22. The largest absolute Gasteiger partial charge is 0.496 e. The van der Waals surface area contributed by atoms with Crippen LogP contribution in [0.3, 0.4) is 0 Å². The van der Waals surface area contributed by atoms with Crippen molar-refractivity contribution in [1.82, 2.24) is 0 Å². The van der Waals surface area contributed by atoms with Gasteiger partial charge in [0, 0.05) is 19.2 Å². The van der Waals surface area contributed by atoms with Crippen molar-refractivity contribution in [3.63, 3.8) is 0 Å². The summed E-state index contributed by atoms with van der Waals surface area (Å²) in [5, 5.41) is 0. The Labute approximate surface area is 104 Å². The van der Waals surface area contributed by atoms with Crippen LogP contribution in [0.15, 0.2) is 18.2 Å². The second-order valence-corrected chi connectivity index (χ2v) is 4.75. The van der Waals surface area contributed by atoms with Crippen LogP contribution >= 0.6 is 0 Å². The topological polar surface area (TPSA) is 44.5 Å². The Balaban J connectivity index is 3.25. The minimum atomic E-state index is -0.499. The second-order valence-electron chi connectivity index (χ2n) is 4.75. The molecule has 0 amide bonds. The van der Waals surface area contributed by atoms with E-state index in [1.54, 1.807) is 14.2 Å². The molecule has 0 aliphatic carbocycles. The van der Waals surface area contributed by atoms with E-state index in [1.165, 1.54) is 5.56 Å². The molecule has 1 atom stereocenters. The lowest BCUT2D eigenvalue weighted by Crippen LogP contribution is -2.34. The molecule has 2 N–H and O–H groups in total. The Bertz CT molecular complexity index is 370. The smallest absolute Gasteiger partial charge is 0.125 e. The lowest BCUT2D eigenvalue weighted by atomic mass is 9.91. The number of rotatable bonds is 5. The Morgan fingerprint density at radius 2 is 1.94 bits per heavy atom. The zero-order chi connectivity index (χ0) is 13.1. The van der Waals surface area contributed by atoms with Crippen LogP contribution in [0.2, 0.25) is 0 Å². The Morgan fingerprint density at radius 1 is 1.29 bits per heavy atom. The van der Waals surface area contributed by atoms with Crippen molar-refractivity contribution in [2.45, 2.75) is 32.3 Å². The first kappa shape index (κ1) is 14.0. The van der Waals surface area contributed by atoms with Gasteiger partial charge in [-0.2, -0.15) is 0 Å². The van der Waals surface area contributed by atoms with Crippen LogP contribution in [0, 0.1) is 0 Å². The van der Waals surface area contributed by atoms with Crippen molar-refractivity contribution >= 4 is 0 Å². The molecule has 0 heterocycles. The summed E-state index contributed by atoms with van der Waals surface area (Å²) >= 11 is 0. The first-order chi connectivity index (χ1) is 7.98. The number of ether oxygens (including phenoxy) is 2. The molecular weight excluding hydrogens is 214 g/mol. The first-order valence-electron chi connectivity index (χ1n) is 5.92. The van der Waals surface area contributed by atoms with E-state index >= 15 is 0 Å². The van der Waals surface area contributed by atoms with Gasteiger partial charge in [-0.1, -0.05) is 26.0 Å². The van der Waals surface area contributed by atoms with E-state index < -0.39 is 5.60 Å². The van der Waals surface area contributed by atoms with Gasteiger partial charge in [0.2, 0.25) is 0 Å². The third-order valence-electron chi connectivity index (χ3n) is 3.30. The fourth-order valence-corrected chi connectivity index (χ4v) is 1.81. The van der Waals surface area contributed by atoms with Crippen LogP contribution in [0.25, 0.3) is 0 Å². The average molecular weight is 237 g/mol. The third-order valence-corrected chi connectivity index (χ3v) is 3.30. The maximum atomic E-state index is 5.79. The molecule has 0 aliphatic heterocycles. The molecule has 3 nitrogen and oxygen atoms in total. The van der Waals surface area contributed by atoms with E-state index in [4.69, 9.17) is 15.2 Å². The minimum absolute atomic E-state index is 0.418. The zero-order valence-electron chi connectivity index (χ0n) is 11.4. The molecule has 3 heteroatoms. The predicted molar refractivity (Wildman–Crippen MR) is 70.5 cm³/mol. The van der Waals surface area contributed by atoms with Gasteiger partial charge in [0.15, 0.2) is 0 Å².